The molecule has 0 atom stereocenters. The van der Waals surface area contributed by atoms with Crippen LogP contribution >= 0.6 is 0 Å². The van der Waals surface area contributed by atoms with Gasteiger partial charge in [-0.05, 0) is 29.8 Å². The molecule has 1 N–H and O–H groups in total. The molecule has 0 unspecified atom stereocenters. The minimum atomic E-state index is -0.396. The third kappa shape index (κ3) is 4.22. The number of halogens is 1. The molecule has 2 aromatic rings. The van der Waals surface area contributed by atoms with Crippen molar-refractivity contribution in [2.75, 3.05) is 5.32 Å². The van der Waals surface area contributed by atoms with Gasteiger partial charge in [0.25, 0.3) is 0 Å². The number of nitrogens with one attached hydrogen (secondary N) is 1. The van der Waals surface area contributed by atoms with E-state index in [1.165, 1.54) is 23.1 Å². The highest BCUT2D eigenvalue weighted by atomic mass is 19.1. The highest BCUT2D eigenvalue weighted by molar-refractivity contribution is 6.02. The molecule has 0 radical (unpaired) electrons. The van der Waals surface area contributed by atoms with Crippen LogP contribution in [0.15, 0.2) is 54.6 Å². The third-order valence-corrected chi connectivity index (χ3v) is 4.04. The summed E-state index contributed by atoms with van der Waals surface area (Å²) in [4.78, 5) is 36.4. The standard InChI is InChI=1S/C20H17FN2O3/c21-17-4-2-1-3-15(17)7-10-18(24)22-16-8-5-14(6-9-16)13-23-19(25)11-12-20(23)26/h1-10H,11-13H2,(H,22,24)/b10-7+. The van der Waals surface area contributed by atoms with Crippen LogP contribution in [0.25, 0.3) is 6.08 Å². The SMILES string of the molecule is O=C(/C=C/c1ccccc1F)Nc1ccc(CN2C(=O)CCC2=O)cc1. The lowest BCUT2D eigenvalue weighted by atomic mass is 10.2. The zero-order valence-corrected chi connectivity index (χ0v) is 13.9. The van der Waals surface area contributed by atoms with Gasteiger partial charge in [0.15, 0.2) is 0 Å². The van der Waals surface area contributed by atoms with Gasteiger partial charge in [-0.2, -0.15) is 0 Å². The highest BCUT2D eigenvalue weighted by Crippen LogP contribution is 2.17. The molecule has 3 amide bonds. The first-order valence-electron chi connectivity index (χ1n) is 8.18. The van der Waals surface area contributed by atoms with Gasteiger partial charge in [-0.25, -0.2) is 4.39 Å². The maximum Gasteiger partial charge on any atom is 0.248 e. The van der Waals surface area contributed by atoms with Crippen molar-refractivity contribution in [1.29, 1.82) is 0 Å². The zero-order valence-electron chi connectivity index (χ0n) is 13.9. The fourth-order valence-corrected chi connectivity index (χ4v) is 2.63. The number of likely N-dealkylation sites (tertiary alicyclic amines) is 1. The summed E-state index contributed by atoms with van der Waals surface area (Å²) in [7, 11) is 0. The smallest absolute Gasteiger partial charge is 0.248 e. The Morgan fingerprint density at radius 2 is 1.69 bits per heavy atom. The Hall–Kier alpha value is -3.28. The van der Waals surface area contributed by atoms with Gasteiger partial charge in [-0.3, -0.25) is 19.3 Å². The van der Waals surface area contributed by atoms with Gasteiger partial charge in [-0.15, -0.1) is 0 Å². The van der Waals surface area contributed by atoms with Gasteiger partial charge in [-0.1, -0.05) is 30.3 Å². The monoisotopic (exact) mass is 352 g/mol. The first kappa shape index (κ1) is 17.5. The Morgan fingerprint density at radius 1 is 1.04 bits per heavy atom. The number of nitrogens with zero attached hydrogens (tertiary/aromatic N) is 1. The summed E-state index contributed by atoms with van der Waals surface area (Å²) in [5.41, 5.74) is 1.70. The Morgan fingerprint density at radius 3 is 2.35 bits per heavy atom. The number of anilines is 1. The molecule has 3 rings (SSSR count). The highest BCUT2D eigenvalue weighted by Gasteiger charge is 2.28. The van der Waals surface area contributed by atoms with E-state index in [9.17, 15) is 18.8 Å². The molecule has 132 valence electrons. The van der Waals surface area contributed by atoms with Crippen LogP contribution in [-0.4, -0.2) is 22.6 Å². The van der Waals surface area contributed by atoms with E-state index in [1.807, 2.05) is 0 Å². The van der Waals surface area contributed by atoms with E-state index in [0.717, 1.165) is 5.56 Å². The van der Waals surface area contributed by atoms with E-state index in [2.05, 4.69) is 5.32 Å². The second kappa shape index (κ2) is 7.74. The van der Waals surface area contributed by atoms with E-state index >= 15 is 0 Å². The van der Waals surface area contributed by atoms with Crippen molar-refractivity contribution >= 4 is 29.5 Å². The molecule has 6 heteroatoms. The Bertz CT molecular complexity index is 859. The van der Waals surface area contributed by atoms with Crippen molar-refractivity contribution in [3.8, 4) is 0 Å². The van der Waals surface area contributed by atoms with Crippen LogP contribution in [0.5, 0.6) is 0 Å². The molecular formula is C20H17FN2O3. The first-order valence-corrected chi connectivity index (χ1v) is 8.18. The van der Waals surface area contributed by atoms with Crippen LogP contribution in [0.1, 0.15) is 24.0 Å². The summed E-state index contributed by atoms with van der Waals surface area (Å²) in [5, 5.41) is 2.67. The first-order chi connectivity index (χ1) is 12.5. The predicted octanol–water partition coefficient (Wildman–Crippen LogP) is 3.13. The lowest BCUT2D eigenvalue weighted by molar-refractivity contribution is -0.139. The topological polar surface area (TPSA) is 66.5 Å². The Kier molecular flexibility index (Phi) is 5.22. The van der Waals surface area contributed by atoms with E-state index in [4.69, 9.17) is 0 Å². The molecule has 1 aliphatic heterocycles. The zero-order chi connectivity index (χ0) is 18.5. The van der Waals surface area contributed by atoms with Crippen molar-refractivity contribution in [3.05, 3.63) is 71.6 Å². The molecule has 26 heavy (non-hydrogen) atoms. The van der Waals surface area contributed by atoms with Crippen molar-refractivity contribution in [3.63, 3.8) is 0 Å². The lowest BCUT2D eigenvalue weighted by Gasteiger charge is -2.14. The molecule has 1 aliphatic rings. The average molecular weight is 352 g/mol. The van der Waals surface area contributed by atoms with Crippen LogP contribution in [0, 0.1) is 5.82 Å². The van der Waals surface area contributed by atoms with Crippen molar-refractivity contribution in [2.45, 2.75) is 19.4 Å². The third-order valence-electron chi connectivity index (χ3n) is 4.04. The summed E-state index contributed by atoms with van der Waals surface area (Å²) >= 11 is 0. The number of imide groups is 1. The van der Waals surface area contributed by atoms with Gasteiger partial charge >= 0.3 is 0 Å². The van der Waals surface area contributed by atoms with E-state index < -0.39 is 5.82 Å². The molecule has 0 aliphatic carbocycles. The predicted molar refractivity (Wildman–Crippen MR) is 95.3 cm³/mol. The van der Waals surface area contributed by atoms with Crippen molar-refractivity contribution in [2.24, 2.45) is 0 Å². The fraction of sp³-hybridized carbons (Fsp3) is 0.150. The quantitative estimate of drug-likeness (QED) is 0.664. The van der Waals surface area contributed by atoms with Gasteiger partial charge < -0.3 is 5.32 Å². The van der Waals surface area contributed by atoms with E-state index in [1.54, 1.807) is 42.5 Å². The molecule has 0 aromatic heterocycles. The molecule has 0 spiro atoms. The fourth-order valence-electron chi connectivity index (χ4n) is 2.63. The van der Waals surface area contributed by atoms with Gasteiger partial charge in [0.2, 0.25) is 17.7 Å². The summed E-state index contributed by atoms with van der Waals surface area (Å²) in [6.07, 6.45) is 3.19. The van der Waals surface area contributed by atoms with Crippen LogP contribution in [0.4, 0.5) is 10.1 Å². The summed E-state index contributed by atoms with van der Waals surface area (Å²) in [6, 6.07) is 13.0. The molecule has 1 saturated heterocycles. The second-order valence-corrected chi connectivity index (χ2v) is 5.91. The number of carbonyl (C=O) groups excluding carboxylic acids is 3. The normalized spacial score (nSPS) is 14.3. The van der Waals surface area contributed by atoms with E-state index in [0.29, 0.717) is 11.3 Å². The molecule has 0 saturated carbocycles. The minimum absolute atomic E-state index is 0.161. The average Bonchev–Trinajstić information content (AvgIpc) is 2.94. The molecule has 1 fully saturated rings. The number of rotatable bonds is 5. The van der Waals surface area contributed by atoms with Gasteiger partial charge in [0.05, 0.1) is 6.54 Å². The second-order valence-electron chi connectivity index (χ2n) is 5.91. The van der Waals surface area contributed by atoms with Crippen LogP contribution in [0.2, 0.25) is 0 Å². The van der Waals surface area contributed by atoms with Crippen molar-refractivity contribution in [1.82, 2.24) is 4.90 Å². The van der Waals surface area contributed by atoms with Crippen LogP contribution < -0.4 is 5.32 Å². The molecule has 0 bridgehead atoms. The minimum Gasteiger partial charge on any atom is -0.323 e. The maximum absolute atomic E-state index is 13.5. The number of benzene rings is 2. The van der Waals surface area contributed by atoms with Crippen molar-refractivity contribution < 1.29 is 18.8 Å². The summed E-state index contributed by atoms with van der Waals surface area (Å²) < 4.78 is 13.5. The lowest BCUT2D eigenvalue weighted by Crippen LogP contribution is -2.28. The summed E-state index contributed by atoms with van der Waals surface area (Å²) in [5.74, 6) is -1.10. The molecule has 1 heterocycles. The molecule has 2 aromatic carbocycles. The van der Waals surface area contributed by atoms with E-state index in [-0.39, 0.29) is 37.1 Å². The number of carbonyl (C=O) groups is 3. The summed E-state index contributed by atoms with van der Waals surface area (Å²) in [6.45, 7) is 0.235. The van der Waals surface area contributed by atoms with Gasteiger partial charge in [0, 0.05) is 30.2 Å². The number of hydrogen-bond acceptors (Lipinski definition) is 3. The van der Waals surface area contributed by atoms with Crippen LogP contribution in [0.3, 0.4) is 0 Å². The van der Waals surface area contributed by atoms with Crippen LogP contribution in [-0.2, 0) is 20.9 Å². The number of amides is 3. The number of hydrogen-bond donors (Lipinski definition) is 1. The maximum atomic E-state index is 13.5. The largest absolute Gasteiger partial charge is 0.323 e. The Balaban J connectivity index is 1.59. The molecule has 5 nitrogen and oxygen atoms in total. The Labute approximate surface area is 150 Å². The molecular weight excluding hydrogens is 335 g/mol. The van der Waals surface area contributed by atoms with Gasteiger partial charge in [0.1, 0.15) is 5.82 Å².